The van der Waals surface area contributed by atoms with Crippen molar-refractivity contribution >= 4 is 20.0 Å². The minimum absolute atomic E-state index is 0.0332. The van der Waals surface area contributed by atoms with Crippen LogP contribution in [0.4, 0.5) is 0 Å². The second-order valence-electron chi connectivity index (χ2n) is 6.53. The van der Waals surface area contributed by atoms with Gasteiger partial charge in [-0.3, -0.25) is 4.90 Å². The average molecular weight is 430 g/mol. The monoisotopic (exact) mass is 429 g/mol. The SMILES string of the molecule is CCc1noc(C(C)N2CCN(S(=O)(=O)c3ccc(S(N)(=O)=O)cc3)CC2)n1. The van der Waals surface area contributed by atoms with E-state index >= 15 is 0 Å². The average Bonchev–Trinajstić information content (AvgIpc) is 3.16. The summed E-state index contributed by atoms with van der Waals surface area (Å²) in [6.07, 6.45) is 0.687. The summed E-state index contributed by atoms with van der Waals surface area (Å²) in [7, 11) is -7.59. The van der Waals surface area contributed by atoms with Gasteiger partial charge in [-0.25, -0.2) is 22.0 Å². The Morgan fingerprint density at radius 2 is 1.64 bits per heavy atom. The number of hydrogen-bond donors (Lipinski definition) is 1. The molecule has 10 nitrogen and oxygen atoms in total. The maximum Gasteiger partial charge on any atom is 0.243 e. The highest BCUT2D eigenvalue weighted by Crippen LogP contribution is 2.24. The predicted molar refractivity (Wildman–Crippen MR) is 100 cm³/mol. The standard InChI is InChI=1S/C16H23N5O5S2/c1-3-15-18-16(26-19-15)12(2)20-8-10-21(11-9-20)28(24,25)14-6-4-13(5-7-14)27(17,22)23/h4-7,12H,3,8-11H2,1-2H3,(H2,17,22,23). The number of sulfonamides is 2. The van der Waals surface area contributed by atoms with Crippen LogP contribution in [0.5, 0.6) is 0 Å². The number of nitrogens with two attached hydrogens (primary N) is 1. The third kappa shape index (κ3) is 4.25. The zero-order valence-electron chi connectivity index (χ0n) is 15.6. The van der Waals surface area contributed by atoms with Gasteiger partial charge in [0, 0.05) is 32.6 Å². The van der Waals surface area contributed by atoms with E-state index in [0.29, 0.717) is 44.3 Å². The molecule has 1 aromatic heterocycles. The fourth-order valence-corrected chi connectivity index (χ4v) is 4.96. The number of nitrogens with zero attached hydrogens (tertiary/aromatic N) is 4. The van der Waals surface area contributed by atoms with Gasteiger partial charge < -0.3 is 4.52 Å². The Kier molecular flexibility index (Phi) is 5.87. The number of piperazine rings is 1. The van der Waals surface area contributed by atoms with E-state index in [1.807, 2.05) is 13.8 Å². The van der Waals surface area contributed by atoms with Gasteiger partial charge in [0.2, 0.25) is 25.9 Å². The third-order valence-electron chi connectivity index (χ3n) is 4.77. The molecule has 0 saturated carbocycles. The number of aryl methyl sites for hydroxylation is 1. The Hall–Kier alpha value is -1.86. The molecule has 28 heavy (non-hydrogen) atoms. The fourth-order valence-electron chi connectivity index (χ4n) is 3.02. The first-order chi connectivity index (χ1) is 13.1. The molecule has 0 spiro atoms. The van der Waals surface area contributed by atoms with E-state index in [0.717, 1.165) is 0 Å². The van der Waals surface area contributed by atoms with Crippen molar-refractivity contribution in [3.05, 3.63) is 36.0 Å². The maximum absolute atomic E-state index is 12.8. The molecule has 12 heteroatoms. The Balaban J connectivity index is 1.68. The Bertz CT molecular complexity index is 1030. The van der Waals surface area contributed by atoms with Crippen molar-refractivity contribution in [3.63, 3.8) is 0 Å². The summed E-state index contributed by atoms with van der Waals surface area (Å²) < 4.78 is 55.0. The second kappa shape index (κ2) is 7.87. The highest BCUT2D eigenvalue weighted by Gasteiger charge is 2.32. The van der Waals surface area contributed by atoms with Crippen LogP contribution < -0.4 is 5.14 Å². The van der Waals surface area contributed by atoms with E-state index in [9.17, 15) is 16.8 Å². The van der Waals surface area contributed by atoms with E-state index in [1.54, 1.807) is 0 Å². The number of hydrogen-bond acceptors (Lipinski definition) is 8. The molecule has 0 aliphatic carbocycles. The van der Waals surface area contributed by atoms with Crippen LogP contribution in [-0.4, -0.2) is 62.4 Å². The van der Waals surface area contributed by atoms with Crippen molar-refractivity contribution in [2.45, 2.75) is 36.1 Å². The van der Waals surface area contributed by atoms with Crippen LogP contribution in [0.3, 0.4) is 0 Å². The van der Waals surface area contributed by atoms with Gasteiger partial charge in [-0.2, -0.15) is 9.29 Å². The van der Waals surface area contributed by atoms with Crippen LogP contribution in [0.1, 0.15) is 31.6 Å². The largest absolute Gasteiger partial charge is 0.338 e. The van der Waals surface area contributed by atoms with Gasteiger partial charge in [-0.1, -0.05) is 12.1 Å². The first-order valence-electron chi connectivity index (χ1n) is 8.82. The summed E-state index contributed by atoms with van der Waals surface area (Å²) in [5, 5.41) is 8.95. The van der Waals surface area contributed by atoms with Crippen molar-refractivity contribution in [1.82, 2.24) is 19.3 Å². The van der Waals surface area contributed by atoms with Crippen molar-refractivity contribution in [2.75, 3.05) is 26.2 Å². The molecule has 3 rings (SSSR count). The molecule has 0 amide bonds. The molecular formula is C16H23N5O5S2. The van der Waals surface area contributed by atoms with E-state index in [2.05, 4.69) is 15.0 Å². The van der Waals surface area contributed by atoms with Gasteiger partial charge >= 0.3 is 0 Å². The molecule has 1 aromatic carbocycles. The lowest BCUT2D eigenvalue weighted by molar-refractivity contribution is 0.124. The van der Waals surface area contributed by atoms with Gasteiger partial charge in [0.25, 0.3) is 0 Å². The number of primary sulfonamides is 1. The molecule has 2 aromatic rings. The predicted octanol–water partition coefficient (Wildman–Crippen LogP) is 0.347. The molecule has 154 valence electrons. The first-order valence-corrected chi connectivity index (χ1v) is 11.8. The molecule has 1 atom stereocenters. The summed E-state index contributed by atoms with van der Waals surface area (Å²) in [5.74, 6) is 1.16. The van der Waals surface area contributed by atoms with Gasteiger partial charge in [0.1, 0.15) is 0 Å². The van der Waals surface area contributed by atoms with Crippen molar-refractivity contribution in [1.29, 1.82) is 0 Å². The molecule has 1 aliphatic heterocycles. The van der Waals surface area contributed by atoms with Crippen molar-refractivity contribution in [3.8, 4) is 0 Å². The molecule has 1 aliphatic rings. The van der Waals surface area contributed by atoms with E-state index in [1.165, 1.54) is 28.6 Å². The summed E-state index contributed by atoms with van der Waals surface area (Å²) >= 11 is 0. The number of rotatable bonds is 6. The van der Waals surface area contributed by atoms with Gasteiger partial charge in [-0.05, 0) is 31.2 Å². The van der Waals surface area contributed by atoms with Crippen LogP contribution in [0, 0.1) is 0 Å². The van der Waals surface area contributed by atoms with Crippen molar-refractivity contribution < 1.29 is 21.4 Å². The quantitative estimate of drug-likeness (QED) is 0.693. The second-order valence-corrected chi connectivity index (χ2v) is 10.0. The lowest BCUT2D eigenvalue weighted by Crippen LogP contribution is -2.49. The van der Waals surface area contributed by atoms with Gasteiger partial charge in [0.15, 0.2) is 5.82 Å². The first kappa shape index (κ1) is 20.9. The summed E-state index contributed by atoms with van der Waals surface area (Å²) in [4.78, 5) is 6.33. The molecule has 2 N–H and O–H groups in total. The molecule has 1 fully saturated rings. The number of benzene rings is 1. The molecule has 0 radical (unpaired) electrons. The Morgan fingerprint density at radius 1 is 1.07 bits per heavy atom. The maximum atomic E-state index is 12.8. The molecular weight excluding hydrogens is 406 g/mol. The van der Waals surface area contributed by atoms with E-state index in [4.69, 9.17) is 9.66 Å². The van der Waals surface area contributed by atoms with Gasteiger partial charge in [-0.15, -0.1) is 0 Å². The third-order valence-corrected chi connectivity index (χ3v) is 7.61. The Morgan fingerprint density at radius 3 is 2.14 bits per heavy atom. The topological polar surface area (TPSA) is 140 Å². The molecule has 1 unspecified atom stereocenters. The molecule has 0 bridgehead atoms. The Labute approximate surface area is 164 Å². The number of aromatic nitrogens is 2. The highest BCUT2D eigenvalue weighted by atomic mass is 32.2. The fraction of sp³-hybridized carbons (Fsp3) is 0.500. The normalized spacial score (nSPS) is 18.2. The lowest BCUT2D eigenvalue weighted by Gasteiger charge is -2.36. The minimum atomic E-state index is -3.87. The van der Waals surface area contributed by atoms with Gasteiger partial charge in [0.05, 0.1) is 15.8 Å². The van der Waals surface area contributed by atoms with Crippen LogP contribution in [0.25, 0.3) is 0 Å². The summed E-state index contributed by atoms with van der Waals surface area (Å²) in [6, 6.07) is 4.80. The zero-order chi connectivity index (χ0) is 20.5. The smallest absolute Gasteiger partial charge is 0.243 e. The minimum Gasteiger partial charge on any atom is -0.338 e. The zero-order valence-corrected chi connectivity index (χ0v) is 17.3. The molecule has 1 saturated heterocycles. The molecule has 2 heterocycles. The van der Waals surface area contributed by atoms with Crippen LogP contribution in [0.2, 0.25) is 0 Å². The lowest BCUT2D eigenvalue weighted by atomic mass is 10.2. The van der Waals surface area contributed by atoms with Crippen molar-refractivity contribution in [2.24, 2.45) is 5.14 Å². The van der Waals surface area contributed by atoms with E-state index in [-0.39, 0.29) is 15.8 Å². The van der Waals surface area contributed by atoms with Crippen LogP contribution in [-0.2, 0) is 26.5 Å². The summed E-state index contributed by atoms with van der Waals surface area (Å²) in [5.41, 5.74) is 0. The highest BCUT2D eigenvalue weighted by molar-refractivity contribution is 7.89. The van der Waals surface area contributed by atoms with Crippen LogP contribution in [0.15, 0.2) is 38.6 Å². The van der Waals surface area contributed by atoms with E-state index < -0.39 is 20.0 Å². The van der Waals surface area contributed by atoms with Crippen LogP contribution >= 0.6 is 0 Å². The summed E-state index contributed by atoms with van der Waals surface area (Å²) in [6.45, 7) is 5.53.